The first-order valence-electron chi connectivity index (χ1n) is 6.38. The van der Waals surface area contributed by atoms with E-state index in [2.05, 4.69) is 0 Å². The Kier molecular flexibility index (Phi) is 4.63. The molecule has 0 aliphatic carbocycles. The molecule has 2 rings (SSSR count). The maximum absolute atomic E-state index is 12.0. The SMILES string of the molecule is NN(Cc1ccccc1)C(=O)Cc1ccc([N+](=O)[O-])cc1. The first kappa shape index (κ1) is 14.7. The molecule has 0 aromatic heterocycles. The number of nitrogens with zero attached hydrogens (tertiary/aromatic N) is 2. The van der Waals surface area contributed by atoms with Gasteiger partial charge in [-0.05, 0) is 11.1 Å². The zero-order chi connectivity index (χ0) is 15.2. The summed E-state index contributed by atoms with van der Waals surface area (Å²) in [6, 6.07) is 15.3. The van der Waals surface area contributed by atoms with Crippen molar-refractivity contribution >= 4 is 11.6 Å². The number of hydrogen-bond acceptors (Lipinski definition) is 4. The lowest BCUT2D eigenvalue weighted by atomic mass is 10.1. The lowest BCUT2D eigenvalue weighted by Crippen LogP contribution is -2.37. The van der Waals surface area contributed by atoms with Crippen LogP contribution in [0.3, 0.4) is 0 Å². The average molecular weight is 285 g/mol. The van der Waals surface area contributed by atoms with E-state index < -0.39 is 4.92 Å². The minimum atomic E-state index is -0.476. The third kappa shape index (κ3) is 4.12. The van der Waals surface area contributed by atoms with Gasteiger partial charge < -0.3 is 0 Å². The molecule has 0 bridgehead atoms. The van der Waals surface area contributed by atoms with E-state index in [4.69, 9.17) is 5.84 Å². The molecule has 6 nitrogen and oxygen atoms in total. The van der Waals surface area contributed by atoms with Gasteiger partial charge in [-0.1, -0.05) is 42.5 Å². The second-order valence-corrected chi connectivity index (χ2v) is 4.61. The number of nitrogens with two attached hydrogens (primary N) is 1. The molecule has 6 heteroatoms. The molecule has 0 spiro atoms. The van der Waals surface area contributed by atoms with Crippen LogP contribution in [0, 0.1) is 10.1 Å². The summed E-state index contributed by atoms with van der Waals surface area (Å²) in [6.45, 7) is 0.326. The van der Waals surface area contributed by atoms with Gasteiger partial charge in [0.25, 0.3) is 5.69 Å². The summed E-state index contributed by atoms with van der Waals surface area (Å²) < 4.78 is 0. The Balaban J connectivity index is 1.95. The average Bonchev–Trinajstić information content (AvgIpc) is 2.48. The predicted molar refractivity (Wildman–Crippen MR) is 78.0 cm³/mol. The number of hydrazine groups is 1. The van der Waals surface area contributed by atoms with Crippen LogP contribution in [-0.2, 0) is 17.8 Å². The predicted octanol–water partition coefficient (Wildman–Crippen LogP) is 2.04. The van der Waals surface area contributed by atoms with Crippen molar-refractivity contribution < 1.29 is 9.72 Å². The maximum atomic E-state index is 12.0. The van der Waals surface area contributed by atoms with Crippen molar-refractivity contribution in [2.75, 3.05) is 0 Å². The zero-order valence-corrected chi connectivity index (χ0v) is 11.3. The number of carbonyl (C=O) groups is 1. The lowest BCUT2D eigenvalue weighted by molar-refractivity contribution is -0.384. The third-order valence-corrected chi connectivity index (χ3v) is 3.02. The molecule has 1 amide bonds. The van der Waals surface area contributed by atoms with E-state index in [9.17, 15) is 14.9 Å². The molecular weight excluding hydrogens is 270 g/mol. The van der Waals surface area contributed by atoms with Gasteiger partial charge in [-0.2, -0.15) is 0 Å². The molecule has 0 saturated heterocycles. The van der Waals surface area contributed by atoms with Gasteiger partial charge in [-0.25, -0.2) is 5.84 Å². The fourth-order valence-electron chi connectivity index (χ4n) is 1.88. The van der Waals surface area contributed by atoms with Crippen LogP contribution >= 0.6 is 0 Å². The Morgan fingerprint density at radius 1 is 1.05 bits per heavy atom. The quantitative estimate of drug-likeness (QED) is 0.394. The molecule has 0 atom stereocenters. The maximum Gasteiger partial charge on any atom is 0.269 e. The molecule has 0 unspecified atom stereocenters. The fourth-order valence-corrected chi connectivity index (χ4v) is 1.88. The van der Waals surface area contributed by atoms with Crippen LogP contribution in [0.1, 0.15) is 11.1 Å². The summed E-state index contributed by atoms with van der Waals surface area (Å²) in [7, 11) is 0. The van der Waals surface area contributed by atoms with E-state index in [1.807, 2.05) is 30.3 Å². The Morgan fingerprint density at radius 2 is 1.67 bits per heavy atom. The molecule has 2 aromatic carbocycles. The van der Waals surface area contributed by atoms with E-state index in [-0.39, 0.29) is 18.0 Å². The first-order chi connectivity index (χ1) is 10.1. The molecule has 0 heterocycles. The van der Waals surface area contributed by atoms with Crippen LogP contribution in [-0.4, -0.2) is 15.8 Å². The van der Waals surface area contributed by atoms with Crippen LogP contribution in [0.25, 0.3) is 0 Å². The monoisotopic (exact) mass is 285 g/mol. The summed E-state index contributed by atoms with van der Waals surface area (Å²) in [4.78, 5) is 22.1. The largest absolute Gasteiger partial charge is 0.276 e. The van der Waals surface area contributed by atoms with Crippen molar-refractivity contribution in [2.45, 2.75) is 13.0 Å². The smallest absolute Gasteiger partial charge is 0.269 e. The highest BCUT2D eigenvalue weighted by atomic mass is 16.6. The van der Waals surface area contributed by atoms with Crippen molar-refractivity contribution in [3.63, 3.8) is 0 Å². The van der Waals surface area contributed by atoms with Crippen molar-refractivity contribution in [3.05, 3.63) is 75.8 Å². The second kappa shape index (κ2) is 6.62. The normalized spacial score (nSPS) is 10.1. The molecule has 0 fully saturated rings. The minimum Gasteiger partial charge on any atom is -0.276 e. The summed E-state index contributed by atoms with van der Waals surface area (Å²) in [5.74, 6) is 5.51. The highest BCUT2D eigenvalue weighted by Crippen LogP contribution is 2.13. The van der Waals surface area contributed by atoms with E-state index in [1.54, 1.807) is 12.1 Å². The van der Waals surface area contributed by atoms with Crippen LogP contribution in [0.4, 0.5) is 5.69 Å². The van der Waals surface area contributed by atoms with Gasteiger partial charge in [0.2, 0.25) is 5.91 Å². The van der Waals surface area contributed by atoms with Crippen LogP contribution in [0.5, 0.6) is 0 Å². The van der Waals surface area contributed by atoms with Gasteiger partial charge in [0.1, 0.15) is 0 Å². The summed E-state index contributed by atoms with van der Waals surface area (Å²) in [5, 5.41) is 11.7. The van der Waals surface area contributed by atoms with Crippen LogP contribution in [0.15, 0.2) is 54.6 Å². The molecule has 2 N–H and O–H groups in total. The molecule has 2 aromatic rings. The van der Waals surface area contributed by atoms with E-state index in [0.717, 1.165) is 10.6 Å². The summed E-state index contributed by atoms with van der Waals surface area (Å²) in [5.41, 5.74) is 1.63. The highest BCUT2D eigenvalue weighted by Gasteiger charge is 2.12. The number of non-ortho nitro benzene ring substituents is 1. The van der Waals surface area contributed by atoms with E-state index >= 15 is 0 Å². The molecule has 108 valence electrons. The molecular formula is C15H15N3O3. The molecule has 0 radical (unpaired) electrons. The number of rotatable bonds is 5. The zero-order valence-electron chi connectivity index (χ0n) is 11.3. The third-order valence-electron chi connectivity index (χ3n) is 3.02. The van der Waals surface area contributed by atoms with Gasteiger partial charge in [-0.15, -0.1) is 0 Å². The Morgan fingerprint density at radius 3 is 2.24 bits per heavy atom. The van der Waals surface area contributed by atoms with E-state index in [1.165, 1.54) is 12.1 Å². The number of nitro benzene ring substituents is 1. The van der Waals surface area contributed by atoms with Crippen molar-refractivity contribution in [3.8, 4) is 0 Å². The first-order valence-corrected chi connectivity index (χ1v) is 6.38. The van der Waals surface area contributed by atoms with E-state index in [0.29, 0.717) is 12.1 Å². The summed E-state index contributed by atoms with van der Waals surface area (Å²) >= 11 is 0. The fraction of sp³-hybridized carbons (Fsp3) is 0.133. The molecule has 0 aliphatic heterocycles. The van der Waals surface area contributed by atoms with Crippen molar-refractivity contribution in [1.82, 2.24) is 5.01 Å². The Hall–Kier alpha value is -2.73. The lowest BCUT2D eigenvalue weighted by Gasteiger charge is -2.16. The molecule has 0 saturated carbocycles. The Bertz CT molecular complexity index is 626. The van der Waals surface area contributed by atoms with Crippen LogP contribution in [0.2, 0.25) is 0 Å². The Labute approximate surface area is 121 Å². The van der Waals surface area contributed by atoms with Crippen LogP contribution < -0.4 is 5.84 Å². The number of nitro groups is 1. The van der Waals surface area contributed by atoms with Gasteiger partial charge in [0, 0.05) is 12.1 Å². The summed E-state index contributed by atoms with van der Waals surface area (Å²) in [6.07, 6.45) is 0.112. The number of carbonyl (C=O) groups excluding carboxylic acids is 1. The van der Waals surface area contributed by atoms with Gasteiger partial charge in [0.15, 0.2) is 0 Å². The van der Waals surface area contributed by atoms with Crippen molar-refractivity contribution in [1.29, 1.82) is 0 Å². The molecule has 21 heavy (non-hydrogen) atoms. The van der Waals surface area contributed by atoms with Crippen molar-refractivity contribution in [2.24, 2.45) is 5.84 Å². The van der Waals surface area contributed by atoms with Gasteiger partial charge in [-0.3, -0.25) is 19.9 Å². The standard InChI is InChI=1S/C15H15N3O3/c16-17(11-13-4-2-1-3-5-13)15(19)10-12-6-8-14(9-7-12)18(20)21/h1-9H,10-11,16H2. The molecule has 0 aliphatic rings. The highest BCUT2D eigenvalue weighted by molar-refractivity contribution is 5.78. The minimum absolute atomic E-state index is 0.0000825. The van der Waals surface area contributed by atoms with Gasteiger partial charge in [0.05, 0.1) is 17.9 Å². The number of benzene rings is 2. The number of hydrogen-bond donors (Lipinski definition) is 1. The second-order valence-electron chi connectivity index (χ2n) is 4.61. The topological polar surface area (TPSA) is 89.5 Å². The van der Waals surface area contributed by atoms with Gasteiger partial charge >= 0.3 is 0 Å². The number of amides is 1.